The maximum atomic E-state index is 12.9. The highest BCUT2D eigenvalue weighted by molar-refractivity contribution is 9.10. The van der Waals surface area contributed by atoms with E-state index < -0.39 is 17.9 Å². The molecule has 0 bridgehead atoms. The van der Waals surface area contributed by atoms with Crippen molar-refractivity contribution in [3.8, 4) is 0 Å². The Kier molecular flexibility index (Phi) is 2.72. The predicted molar refractivity (Wildman–Crippen MR) is 41.6 cm³/mol. The Balaban J connectivity index is 3.27. The van der Waals surface area contributed by atoms with Crippen LogP contribution < -0.4 is 0 Å². The van der Waals surface area contributed by atoms with Crippen LogP contribution in [0.4, 0.5) is 13.2 Å². The van der Waals surface area contributed by atoms with Crippen molar-refractivity contribution in [2.24, 2.45) is 0 Å². The lowest BCUT2D eigenvalue weighted by Gasteiger charge is -2.04. The van der Waals surface area contributed by atoms with Crippen LogP contribution in [0.1, 0.15) is 17.7 Å². The van der Waals surface area contributed by atoms with E-state index in [0.717, 1.165) is 6.20 Å². The predicted octanol–water partition coefficient (Wildman–Crippen LogP) is 3.23. The van der Waals surface area contributed by atoms with Gasteiger partial charge in [0.1, 0.15) is 11.5 Å². The molecule has 0 saturated heterocycles. The van der Waals surface area contributed by atoms with Crippen molar-refractivity contribution < 1.29 is 13.2 Å². The van der Waals surface area contributed by atoms with Crippen LogP contribution in [0.25, 0.3) is 0 Å². The summed E-state index contributed by atoms with van der Waals surface area (Å²) in [6.45, 7) is 1.27. The standard InChI is InChI=1S/C7H5BrF3N/c1-3-5(9)4(8)2-12-6(3)7(10)11/h2,7H,1H3. The summed E-state index contributed by atoms with van der Waals surface area (Å²) in [5.41, 5.74) is -0.616. The number of alkyl halides is 2. The second-order valence-corrected chi connectivity index (χ2v) is 3.09. The van der Waals surface area contributed by atoms with Crippen LogP contribution >= 0.6 is 15.9 Å². The fourth-order valence-electron chi connectivity index (χ4n) is 0.791. The summed E-state index contributed by atoms with van der Waals surface area (Å²) in [5, 5.41) is 0. The van der Waals surface area contributed by atoms with Crippen LogP contribution in [0.3, 0.4) is 0 Å². The van der Waals surface area contributed by atoms with E-state index in [4.69, 9.17) is 0 Å². The van der Waals surface area contributed by atoms with E-state index in [2.05, 4.69) is 20.9 Å². The molecule has 1 aromatic heterocycles. The normalized spacial score (nSPS) is 10.8. The summed E-state index contributed by atoms with van der Waals surface area (Å²) in [5.74, 6) is -0.680. The van der Waals surface area contributed by atoms with Gasteiger partial charge in [0, 0.05) is 11.8 Å². The molecule has 0 atom stereocenters. The van der Waals surface area contributed by atoms with Crippen LogP contribution in [0, 0.1) is 12.7 Å². The minimum Gasteiger partial charge on any atom is -0.254 e. The Morgan fingerprint density at radius 3 is 2.58 bits per heavy atom. The van der Waals surface area contributed by atoms with Crippen molar-refractivity contribution in [2.45, 2.75) is 13.3 Å². The molecule has 66 valence electrons. The molecule has 1 aromatic rings. The molecule has 0 aliphatic carbocycles. The third kappa shape index (κ3) is 1.60. The van der Waals surface area contributed by atoms with E-state index in [-0.39, 0.29) is 10.0 Å². The van der Waals surface area contributed by atoms with Crippen LogP contribution in [0.2, 0.25) is 0 Å². The molecule has 0 aromatic carbocycles. The average Bonchev–Trinajstić information content (AvgIpc) is 2.00. The van der Waals surface area contributed by atoms with E-state index in [0.29, 0.717) is 0 Å². The Morgan fingerprint density at radius 1 is 1.50 bits per heavy atom. The highest BCUT2D eigenvalue weighted by Crippen LogP contribution is 2.25. The van der Waals surface area contributed by atoms with Gasteiger partial charge in [0.2, 0.25) is 0 Å². The maximum absolute atomic E-state index is 12.9. The van der Waals surface area contributed by atoms with E-state index in [9.17, 15) is 13.2 Å². The summed E-state index contributed by atoms with van der Waals surface area (Å²) in [7, 11) is 0. The third-order valence-electron chi connectivity index (χ3n) is 1.45. The van der Waals surface area contributed by atoms with Gasteiger partial charge in [0.05, 0.1) is 4.47 Å². The zero-order valence-electron chi connectivity index (χ0n) is 6.11. The molecule has 0 aliphatic rings. The van der Waals surface area contributed by atoms with E-state index in [1.807, 2.05) is 0 Å². The second kappa shape index (κ2) is 3.43. The summed E-state index contributed by atoms with van der Waals surface area (Å²) in [6, 6.07) is 0. The van der Waals surface area contributed by atoms with Gasteiger partial charge in [-0.25, -0.2) is 13.2 Å². The molecule has 12 heavy (non-hydrogen) atoms. The number of aromatic nitrogens is 1. The first-order valence-corrected chi connectivity index (χ1v) is 3.92. The summed E-state index contributed by atoms with van der Waals surface area (Å²) in [6.07, 6.45) is -1.70. The molecule has 0 fully saturated rings. The molecule has 0 N–H and O–H groups in total. The van der Waals surface area contributed by atoms with E-state index in [1.165, 1.54) is 6.92 Å². The molecule has 0 spiro atoms. The Bertz CT molecular complexity index is 301. The topological polar surface area (TPSA) is 12.9 Å². The molecule has 5 heteroatoms. The highest BCUT2D eigenvalue weighted by Gasteiger charge is 2.16. The highest BCUT2D eigenvalue weighted by atomic mass is 79.9. The smallest absolute Gasteiger partial charge is 0.254 e. The van der Waals surface area contributed by atoms with Gasteiger partial charge in [-0.1, -0.05) is 0 Å². The number of nitrogens with zero attached hydrogens (tertiary/aromatic N) is 1. The van der Waals surface area contributed by atoms with Crippen molar-refractivity contribution in [3.05, 3.63) is 27.7 Å². The molecular weight excluding hydrogens is 235 g/mol. The number of pyridine rings is 1. The van der Waals surface area contributed by atoms with Crippen LogP contribution in [0.15, 0.2) is 10.7 Å². The van der Waals surface area contributed by atoms with Crippen molar-refractivity contribution in [1.29, 1.82) is 0 Å². The number of hydrogen-bond donors (Lipinski definition) is 0. The fraction of sp³-hybridized carbons (Fsp3) is 0.286. The fourth-order valence-corrected chi connectivity index (χ4v) is 1.19. The SMILES string of the molecule is Cc1c(C(F)F)ncc(Br)c1F. The van der Waals surface area contributed by atoms with Crippen LogP contribution in [-0.4, -0.2) is 4.98 Å². The molecule has 1 rings (SSSR count). The molecule has 0 amide bonds. The van der Waals surface area contributed by atoms with Gasteiger partial charge in [-0.15, -0.1) is 0 Å². The lowest BCUT2D eigenvalue weighted by atomic mass is 10.2. The van der Waals surface area contributed by atoms with Gasteiger partial charge < -0.3 is 0 Å². The van der Waals surface area contributed by atoms with E-state index >= 15 is 0 Å². The average molecular weight is 240 g/mol. The first kappa shape index (κ1) is 9.51. The van der Waals surface area contributed by atoms with Gasteiger partial charge in [-0.05, 0) is 22.9 Å². The molecular formula is C7H5BrF3N. The van der Waals surface area contributed by atoms with Gasteiger partial charge in [0.25, 0.3) is 6.43 Å². The monoisotopic (exact) mass is 239 g/mol. The van der Waals surface area contributed by atoms with Gasteiger partial charge in [0.15, 0.2) is 0 Å². The summed E-state index contributed by atoms with van der Waals surface area (Å²) < 4.78 is 37.2. The Morgan fingerprint density at radius 2 is 2.08 bits per heavy atom. The molecule has 1 nitrogen and oxygen atoms in total. The number of halogens is 4. The zero-order valence-corrected chi connectivity index (χ0v) is 7.70. The largest absolute Gasteiger partial charge is 0.280 e. The Labute approximate surface area is 75.7 Å². The van der Waals surface area contributed by atoms with Gasteiger partial charge in [-0.3, -0.25) is 4.98 Å². The molecule has 1 heterocycles. The molecule has 0 saturated carbocycles. The lowest BCUT2D eigenvalue weighted by Crippen LogP contribution is -1.98. The first-order valence-electron chi connectivity index (χ1n) is 3.12. The Hall–Kier alpha value is -0.580. The van der Waals surface area contributed by atoms with Gasteiger partial charge >= 0.3 is 0 Å². The molecule has 0 unspecified atom stereocenters. The number of rotatable bonds is 1. The third-order valence-corrected chi connectivity index (χ3v) is 2.00. The van der Waals surface area contributed by atoms with Crippen molar-refractivity contribution in [3.63, 3.8) is 0 Å². The van der Waals surface area contributed by atoms with Crippen molar-refractivity contribution >= 4 is 15.9 Å². The zero-order chi connectivity index (χ0) is 9.30. The summed E-state index contributed by atoms with van der Waals surface area (Å²) in [4.78, 5) is 3.40. The first-order chi connectivity index (χ1) is 5.54. The minimum absolute atomic E-state index is 0.101. The van der Waals surface area contributed by atoms with Crippen LogP contribution in [0.5, 0.6) is 0 Å². The summed E-state index contributed by atoms with van der Waals surface area (Å²) >= 11 is 2.85. The quantitative estimate of drug-likeness (QED) is 0.734. The van der Waals surface area contributed by atoms with Crippen molar-refractivity contribution in [1.82, 2.24) is 4.98 Å². The molecule has 0 aliphatic heterocycles. The molecule has 0 radical (unpaired) electrons. The lowest BCUT2D eigenvalue weighted by molar-refractivity contribution is 0.144. The van der Waals surface area contributed by atoms with Crippen LogP contribution in [-0.2, 0) is 0 Å². The van der Waals surface area contributed by atoms with Gasteiger partial charge in [-0.2, -0.15) is 0 Å². The maximum Gasteiger partial charge on any atom is 0.280 e. The number of hydrogen-bond acceptors (Lipinski definition) is 1. The second-order valence-electron chi connectivity index (χ2n) is 2.23. The van der Waals surface area contributed by atoms with Crippen molar-refractivity contribution in [2.75, 3.05) is 0 Å². The van der Waals surface area contributed by atoms with E-state index in [1.54, 1.807) is 0 Å². The minimum atomic E-state index is -2.73.